The van der Waals surface area contributed by atoms with Gasteiger partial charge in [-0.3, -0.25) is 9.59 Å². The second kappa shape index (κ2) is 11.6. The quantitative estimate of drug-likeness (QED) is 0.310. The van der Waals surface area contributed by atoms with Gasteiger partial charge in [-0.1, -0.05) is 49.4 Å². The molecule has 2 unspecified atom stereocenters. The summed E-state index contributed by atoms with van der Waals surface area (Å²) in [5, 5.41) is 0. The summed E-state index contributed by atoms with van der Waals surface area (Å²) in [6.45, 7) is 9.63. The summed E-state index contributed by atoms with van der Waals surface area (Å²) >= 11 is 0. The molecule has 4 nitrogen and oxygen atoms in total. The van der Waals surface area contributed by atoms with E-state index in [9.17, 15) is 9.59 Å². The summed E-state index contributed by atoms with van der Waals surface area (Å²) in [7, 11) is 0. The first kappa shape index (κ1) is 22.9. The molecule has 0 aliphatic carbocycles. The predicted octanol–water partition coefficient (Wildman–Crippen LogP) is 5.46. The van der Waals surface area contributed by atoms with Crippen molar-refractivity contribution in [2.24, 2.45) is 11.8 Å². The van der Waals surface area contributed by atoms with E-state index in [1.54, 1.807) is 0 Å². The third kappa shape index (κ3) is 8.89. The van der Waals surface area contributed by atoms with Crippen molar-refractivity contribution in [3.8, 4) is 0 Å². The number of benzene rings is 1. The third-order valence-electron chi connectivity index (χ3n) is 4.28. The maximum Gasteiger partial charge on any atom is 0.310 e. The molecule has 0 N–H and O–H groups in total. The largest absolute Gasteiger partial charge is 0.461 e. The maximum absolute atomic E-state index is 12.8. The molecule has 27 heavy (non-hydrogen) atoms. The molecule has 0 aliphatic rings. The van der Waals surface area contributed by atoms with E-state index in [2.05, 4.69) is 6.08 Å². The first-order chi connectivity index (χ1) is 12.8. The molecule has 0 fully saturated rings. The van der Waals surface area contributed by atoms with Crippen molar-refractivity contribution >= 4 is 11.9 Å². The Morgan fingerprint density at radius 3 is 2.30 bits per heavy atom. The Balaban J connectivity index is 2.84. The molecule has 1 aromatic rings. The van der Waals surface area contributed by atoms with Gasteiger partial charge in [0, 0.05) is 0 Å². The Hall–Kier alpha value is -2.10. The highest BCUT2D eigenvalue weighted by Gasteiger charge is 2.36. The fourth-order valence-electron chi connectivity index (χ4n) is 2.93. The third-order valence-corrected chi connectivity index (χ3v) is 4.28. The van der Waals surface area contributed by atoms with Gasteiger partial charge in [0.05, 0.1) is 11.8 Å². The average Bonchev–Trinajstić information content (AvgIpc) is 2.61. The molecular weight excluding hydrogens is 340 g/mol. The van der Waals surface area contributed by atoms with Crippen LogP contribution in [0, 0.1) is 11.8 Å². The molecule has 0 heterocycles. The van der Waals surface area contributed by atoms with E-state index in [0.29, 0.717) is 12.8 Å². The standard InChI is InChI=1S/C23H34O4/c1-6-8-9-13-16-20(19(7-2)22(25)27-23(3,4)5)21(24)26-17-18-14-11-10-12-15-18/h6,8,10-12,14-15,19-20H,7,9,13,16-17H2,1-5H3. The van der Waals surface area contributed by atoms with Crippen LogP contribution in [-0.2, 0) is 25.7 Å². The monoisotopic (exact) mass is 374 g/mol. The fraction of sp³-hybridized carbons (Fsp3) is 0.565. The van der Waals surface area contributed by atoms with Gasteiger partial charge < -0.3 is 9.47 Å². The molecule has 0 aliphatic heterocycles. The van der Waals surface area contributed by atoms with Crippen LogP contribution >= 0.6 is 0 Å². The summed E-state index contributed by atoms with van der Waals surface area (Å²) in [5.74, 6) is -1.62. The van der Waals surface area contributed by atoms with Crippen LogP contribution in [0.3, 0.4) is 0 Å². The molecule has 0 radical (unpaired) electrons. The van der Waals surface area contributed by atoms with Crippen LogP contribution < -0.4 is 0 Å². The molecule has 0 saturated heterocycles. The van der Waals surface area contributed by atoms with Gasteiger partial charge in [0.25, 0.3) is 0 Å². The zero-order valence-electron chi connectivity index (χ0n) is 17.4. The van der Waals surface area contributed by atoms with Crippen molar-refractivity contribution in [1.29, 1.82) is 0 Å². The van der Waals surface area contributed by atoms with Crippen molar-refractivity contribution in [2.75, 3.05) is 0 Å². The lowest BCUT2D eigenvalue weighted by molar-refractivity contribution is -0.169. The molecule has 0 spiro atoms. The van der Waals surface area contributed by atoms with E-state index < -0.39 is 17.4 Å². The van der Waals surface area contributed by atoms with Gasteiger partial charge in [-0.05, 0) is 58.9 Å². The van der Waals surface area contributed by atoms with Crippen LogP contribution in [-0.4, -0.2) is 17.5 Å². The number of esters is 2. The van der Waals surface area contributed by atoms with E-state index in [-0.39, 0.29) is 18.5 Å². The lowest BCUT2D eigenvalue weighted by atomic mass is 9.85. The number of hydrogen-bond donors (Lipinski definition) is 0. The van der Waals surface area contributed by atoms with E-state index in [1.807, 2.05) is 71.0 Å². The normalized spacial score (nSPS) is 14.0. The highest BCUT2D eigenvalue weighted by atomic mass is 16.6. The van der Waals surface area contributed by atoms with Gasteiger partial charge in [0.2, 0.25) is 0 Å². The Morgan fingerprint density at radius 1 is 1.07 bits per heavy atom. The number of carbonyl (C=O) groups excluding carboxylic acids is 2. The Kier molecular flexibility index (Phi) is 9.84. The fourth-order valence-corrected chi connectivity index (χ4v) is 2.93. The van der Waals surface area contributed by atoms with Crippen molar-refractivity contribution < 1.29 is 19.1 Å². The van der Waals surface area contributed by atoms with Gasteiger partial charge in [0.1, 0.15) is 12.2 Å². The summed E-state index contributed by atoms with van der Waals surface area (Å²) in [6.07, 6.45) is 6.92. The number of hydrogen-bond acceptors (Lipinski definition) is 4. The minimum absolute atomic E-state index is 0.218. The van der Waals surface area contributed by atoms with E-state index in [4.69, 9.17) is 9.47 Å². The molecule has 150 valence electrons. The Morgan fingerprint density at radius 2 is 1.74 bits per heavy atom. The average molecular weight is 375 g/mol. The summed E-state index contributed by atoms with van der Waals surface area (Å²) in [5.41, 5.74) is 0.359. The van der Waals surface area contributed by atoms with E-state index in [0.717, 1.165) is 18.4 Å². The van der Waals surface area contributed by atoms with Crippen LogP contribution in [0.5, 0.6) is 0 Å². The molecule has 1 aromatic carbocycles. The zero-order chi connectivity index (χ0) is 20.3. The molecule has 2 atom stereocenters. The van der Waals surface area contributed by atoms with Gasteiger partial charge >= 0.3 is 11.9 Å². The van der Waals surface area contributed by atoms with Crippen molar-refractivity contribution in [3.63, 3.8) is 0 Å². The Labute approximate surface area is 163 Å². The van der Waals surface area contributed by atoms with E-state index >= 15 is 0 Å². The molecule has 4 heteroatoms. The van der Waals surface area contributed by atoms with Gasteiger partial charge in [-0.25, -0.2) is 0 Å². The van der Waals surface area contributed by atoms with E-state index in [1.165, 1.54) is 0 Å². The SMILES string of the molecule is CC=CCCCC(C(=O)OCc1ccccc1)C(CC)C(=O)OC(C)(C)C. The van der Waals surface area contributed by atoms with Crippen molar-refractivity contribution in [1.82, 2.24) is 0 Å². The van der Waals surface area contributed by atoms with Crippen molar-refractivity contribution in [2.45, 2.75) is 72.5 Å². The smallest absolute Gasteiger partial charge is 0.310 e. The Bertz CT molecular complexity index is 599. The number of ether oxygens (including phenoxy) is 2. The number of rotatable bonds is 10. The number of allylic oxidation sites excluding steroid dienone is 2. The summed E-state index contributed by atoms with van der Waals surface area (Å²) < 4.78 is 11.1. The van der Waals surface area contributed by atoms with Gasteiger partial charge in [-0.15, -0.1) is 0 Å². The molecule has 0 saturated carbocycles. The second-order valence-corrected chi connectivity index (χ2v) is 7.75. The van der Waals surface area contributed by atoms with Crippen LogP contribution in [0.1, 0.15) is 65.9 Å². The highest BCUT2D eigenvalue weighted by molar-refractivity contribution is 5.82. The first-order valence-corrected chi connectivity index (χ1v) is 9.83. The lowest BCUT2D eigenvalue weighted by Crippen LogP contribution is -2.36. The van der Waals surface area contributed by atoms with Crippen LogP contribution in [0.2, 0.25) is 0 Å². The van der Waals surface area contributed by atoms with Crippen LogP contribution in [0.4, 0.5) is 0 Å². The predicted molar refractivity (Wildman–Crippen MR) is 108 cm³/mol. The molecular formula is C23H34O4. The van der Waals surface area contributed by atoms with Gasteiger partial charge in [-0.2, -0.15) is 0 Å². The molecule has 0 aromatic heterocycles. The minimum Gasteiger partial charge on any atom is -0.461 e. The lowest BCUT2D eigenvalue weighted by Gasteiger charge is -2.27. The number of carbonyl (C=O) groups is 2. The van der Waals surface area contributed by atoms with Crippen LogP contribution in [0.25, 0.3) is 0 Å². The van der Waals surface area contributed by atoms with Gasteiger partial charge in [0.15, 0.2) is 0 Å². The number of unbranched alkanes of at least 4 members (excludes halogenated alkanes) is 1. The van der Waals surface area contributed by atoms with Crippen LogP contribution in [0.15, 0.2) is 42.5 Å². The molecule has 1 rings (SSSR count). The highest BCUT2D eigenvalue weighted by Crippen LogP contribution is 2.27. The summed E-state index contributed by atoms with van der Waals surface area (Å²) in [6, 6.07) is 9.57. The molecule has 0 amide bonds. The van der Waals surface area contributed by atoms with Crippen molar-refractivity contribution in [3.05, 3.63) is 48.0 Å². The maximum atomic E-state index is 12.8. The minimum atomic E-state index is -0.575. The topological polar surface area (TPSA) is 52.6 Å². The molecule has 0 bridgehead atoms. The zero-order valence-corrected chi connectivity index (χ0v) is 17.4. The summed E-state index contributed by atoms with van der Waals surface area (Å²) in [4.78, 5) is 25.5. The first-order valence-electron chi connectivity index (χ1n) is 9.83. The second-order valence-electron chi connectivity index (χ2n) is 7.75.